The van der Waals surface area contributed by atoms with Crippen LogP contribution in [0.25, 0.3) is 0 Å². The summed E-state index contributed by atoms with van der Waals surface area (Å²) in [6.07, 6.45) is 1.78. The molecule has 0 spiro atoms. The first-order valence-corrected chi connectivity index (χ1v) is 6.33. The van der Waals surface area contributed by atoms with E-state index in [9.17, 15) is 5.11 Å². The molecule has 86 valence electrons. The maximum Gasteiger partial charge on any atom is 0.138 e. The van der Waals surface area contributed by atoms with Gasteiger partial charge in [0.1, 0.15) is 12.2 Å². The fraction of sp³-hybridized carbons (Fsp3) is 0.800. The van der Waals surface area contributed by atoms with E-state index in [4.69, 9.17) is 0 Å². The molecule has 1 rings (SSSR count). The molecule has 0 aliphatic carbocycles. The third kappa shape index (κ3) is 4.66. The van der Waals surface area contributed by atoms with Gasteiger partial charge in [-0.2, -0.15) is 16.9 Å². The van der Waals surface area contributed by atoms with Gasteiger partial charge in [-0.1, -0.05) is 13.8 Å². The smallest absolute Gasteiger partial charge is 0.138 e. The molecule has 1 heterocycles. The average molecular weight is 229 g/mol. The van der Waals surface area contributed by atoms with Gasteiger partial charge < -0.3 is 5.11 Å². The molecule has 1 atom stereocenters. The Labute approximate surface area is 95.1 Å². The van der Waals surface area contributed by atoms with Gasteiger partial charge in [-0.25, -0.2) is 4.98 Å². The van der Waals surface area contributed by atoms with Crippen molar-refractivity contribution in [1.29, 1.82) is 0 Å². The second-order valence-corrected chi connectivity index (χ2v) is 5.16. The largest absolute Gasteiger partial charge is 0.392 e. The van der Waals surface area contributed by atoms with Crippen LogP contribution in [0.15, 0.2) is 6.33 Å². The molecule has 1 N–H and O–H groups in total. The van der Waals surface area contributed by atoms with E-state index in [0.29, 0.717) is 12.3 Å². The molecule has 1 unspecified atom stereocenters. The third-order valence-electron chi connectivity index (χ3n) is 1.98. The zero-order valence-corrected chi connectivity index (χ0v) is 10.4. The fourth-order valence-electron chi connectivity index (χ4n) is 1.21. The Morgan fingerprint density at radius 3 is 2.73 bits per heavy atom. The number of hydrogen-bond acceptors (Lipinski definition) is 4. The Bertz CT molecular complexity index is 288. The second kappa shape index (κ2) is 6.12. The van der Waals surface area contributed by atoms with Crippen molar-refractivity contribution in [3.8, 4) is 0 Å². The van der Waals surface area contributed by atoms with Crippen molar-refractivity contribution in [2.45, 2.75) is 26.4 Å². The molecule has 0 saturated carbocycles. The van der Waals surface area contributed by atoms with Gasteiger partial charge in [0, 0.05) is 19.2 Å². The van der Waals surface area contributed by atoms with E-state index in [1.165, 1.54) is 6.33 Å². The first-order valence-electron chi connectivity index (χ1n) is 5.18. The molecule has 0 aliphatic heterocycles. The van der Waals surface area contributed by atoms with Crippen molar-refractivity contribution < 1.29 is 5.11 Å². The molecular formula is C10H19N3OS. The van der Waals surface area contributed by atoms with Gasteiger partial charge in [0.2, 0.25) is 0 Å². The van der Waals surface area contributed by atoms with Crippen molar-refractivity contribution >= 4 is 11.8 Å². The van der Waals surface area contributed by atoms with Crippen molar-refractivity contribution in [2.75, 3.05) is 11.5 Å². The molecule has 1 aromatic rings. The van der Waals surface area contributed by atoms with Crippen molar-refractivity contribution in [3.05, 3.63) is 12.2 Å². The van der Waals surface area contributed by atoms with Gasteiger partial charge in [0.15, 0.2) is 0 Å². The minimum absolute atomic E-state index is 0.323. The number of thioether (sulfide) groups is 1. The van der Waals surface area contributed by atoms with Crippen LogP contribution in [0.3, 0.4) is 0 Å². The predicted octanol–water partition coefficient (Wildman–Crippen LogP) is 1.11. The van der Waals surface area contributed by atoms with E-state index in [1.54, 1.807) is 16.4 Å². The normalized spacial score (nSPS) is 13.4. The second-order valence-electron chi connectivity index (χ2n) is 4.09. The molecule has 15 heavy (non-hydrogen) atoms. The van der Waals surface area contributed by atoms with Crippen LogP contribution in [-0.4, -0.2) is 37.5 Å². The highest BCUT2D eigenvalue weighted by Crippen LogP contribution is 2.10. The summed E-state index contributed by atoms with van der Waals surface area (Å²) < 4.78 is 1.70. The molecule has 0 aliphatic rings. The number of aryl methyl sites for hydroxylation is 1. The van der Waals surface area contributed by atoms with Crippen LogP contribution in [0.4, 0.5) is 0 Å². The molecule has 0 saturated heterocycles. The number of aliphatic hydroxyl groups is 1. The van der Waals surface area contributed by atoms with Crippen molar-refractivity contribution in [3.63, 3.8) is 0 Å². The van der Waals surface area contributed by atoms with Crippen LogP contribution < -0.4 is 0 Å². The standard InChI is InChI=1S/C10H19N3OS/c1-8(2)5-15-6-9(14)4-10-11-7-12-13(10)3/h7-9,14H,4-6H2,1-3H3. The summed E-state index contributed by atoms with van der Waals surface area (Å²) in [5.41, 5.74) is 0. The Hall–Kier alpha value is -0.550. The quantitative estimate of drug-likeness (QED) is 0.794. The Kier molecular flexibility index (Phi) is 5.11. The van der Waals surface area contributed by atoms with E-state index in [-0.39, 0.29) is 6.10 Å². The van der Waals surface area contributed by atoms with E-state index in [1.807, 2.05) is 7.05 Å². The first kappa shape index (κ1) is 12.5. The Morgan fingerprint density at radius 1 is 1.47 bits per heavy atom. The van der Waals surface area contributed by atoms with Crippen molar-refractivity contribution in [1.82, 2.24) is 14.8 Å². The van der Waals surface area contributed by atoms with Gasteiger partial charge in [-0.3, -0.25) is 4.68 Å². The maximum atomic E-state index is 9.76. The third-order valence-corrected chi connectivity index (χ3v) is 3.51. The Balaban J connectivity index is 2.24. The number of rotatable bonds is 6. The minimum Gasteiger partial charge on any atom is -0.392 e. The lowest BCUT2D eigenvalue weighted by Gasteiger charge is -2.10. The molecule has 0 radical (unpaired) electrons. The summed E-state index contributed by atoms with van der Waals surface area (Å²) in [7, 11) is 1.84. The van der Waals surface area contributed by atoms with Crippen LogP contribution in [0.1, 0.15) is 19.7 Å². The predicted molar refractivity (Wildman–Crippen MR) is 62.9 cm³/mol. The highest BCUT2D eigenvalue weighted by atomic mass is 32.2. The summed E-state index contributed by atoms with van der Waals surface area (Å²) in [6, 6.07) is 0. The summed E-state index contributed by atoms with van der Waals surface area (Å²) in [4.78, 5) is 4.08. The van der Waals surface area contributed by atoms with Crippen LogP contribution in [-0.2, 0) is 13.5 Å². The molecule has 1 aromatic heterocycles. The molecular weight excluding hydrogens is 210 g/mol. The number of aliphatic hydroxyl groups excluding tert-OH is 1. The van der Waals surface area contributed by atoms with Gasteiger partial charge in [-0.05, 0) is 11.7 Å². The van der Waals surface area contributed by atoms with E-state index in [2.05, 4.69) is 23.9 Å². The summed E-state index contributed by atoms with van der Waals surface area (Å²) in [6.45, 7) is 4.37. The lowest BCUT2D eigenvalue weighted by Crippen LogP contribution is -2.17. The summed E-state index contributed by atoms with van der Waals surface area (Å²) in [5, 5.41) is 13.7. The molecule has 0 aromatic carbocycles. The minimum atomic E-state index is -0.323. The van der Waals surface area contributed by atoms with E-state index < -0.39 is 0 Å². The number of aromatic nitrogens is 3. The van der Waals surface area contributed by atoms with Crippen LogP contribution in [0.5, 0.6) is 0 Å². The van der Waals surface area contributed by atoms with E-state index in [0.717, 1.165) is 17.3 Å². The maximum absolute atomic E-state index is 9.76. The molecule has 5 heteroatoms. The van der Waals surface area contributed by atoms with Crippen LogP contribution in [0, 0.1) is 5.92 Å². The Morgan fingerprint density at radius 2 is 2.20 bits per heavy atom. The van der Waals surface area contributed by atoms with Crippen molar-refractivity contribution in [2.24, 2.45) is 13.0 Å². The zero-order chi connectivity index (χ0) is 11.3. The molecule has 0 amide bonds. The van der Waals surface area contributed by atoms with Crippen LogP contribution in [0.2, 0.25) is 0 Å². The highest BCUT2D eigenvalue weighted by molar-refractivity contribution is 7.99. The molecule has 0 fully saturated rings. The lowest BCUT2D eigenvalue weighted by molar-refractivity contribution is 0.196. The SMILES string of the molecule is CC(C)CSCC(O)Cc1ncnn1C. The lowest BCUT2D eigenvalue weighted by atomic mass is 10.3. The van der Waals surface area contributed by atoms with Gasteiger partial charge in [0.05, 0.1) is 6.10 Å². The fourth-order valence-corrected chi connectivity index (χ4v) is 2.21. The van der Waals surface area contributed by atoms with E-state index >= 15 is 0 Å². The monoisotopic (exact) mass is 229 g/mol. The summed E-state index contributed by atoms with van der Waals surface area (Å²) in [5.74, 6) is 3.38. The molecule has 0 bridgehead atoms. The average Bonchev–Trinajstić information content (AvgIpc) is 2.51. The molecule has 4 nitrogen and oxygen atoms in total. The summed E-state index contributed by atoms with van der Waals surface area (Å²) >= 11 is 1.79. The van der Waals surface area contributed by atoms with Gasteiger partial charge >= 0.3 is 0 Å². The number of nitrogens with zero attached hydrogens (tertiary/aromatic N) is 3. The van der Waals surface area contributed by atoms with Gasteiger partial charge in [0.25, 0.3) is 0 Å². The number of hydrogen-bond donors (Lipinski definition) is 1. The topological polar surface area (TPSA) is 50.9 Å². The highest BCUT2D eigenvalue weighted by Gasteiger charge is 2.09. The first-order chi connectivity index (χ1) is 7.09. The zero-order valence-electron chi connectivity index (χ0n) is 9.55. The van der Waals surface area contributed by atoms with Gasteiger partial charge in [-0.15, -0.1) is 0 Å². The van der Waals surface area contributed by atoms with Crippen LogP contribution >= 0.6 is 11.8 Å².